The Hall–Kier alpha value is -2.14. The van der Waals surface area contributed by atoms with Crippen LogP contribution in [-0.2, 0) is 6.54 Å². The predicted molar refractivity (Wildman–Crippen MR) is 83.7 cm³/mol. The van der Waals surface area contributed by atoms with Crippen LogP contribution in [0.2, 0.25) is 0 Å². The smallest absolute Gasteiger partial charge is 0.307 e. The zero-order valence-electron chi connectivity index (χ0n) is 11.4. The number of anilines is 1. The van der Waals surface area contributed by atoms with Crippen molar-refractivity contribution >= 4 is 28.1 Å². The third-order valence-corrected chi connectivity index (χ3v) is 4.23. The first-order valence-corrected chi connectivity index (χ1v) is 7.28. The van der Waals surface area contributed by atoms with E-state index < -0.39 is 0 Å². The number of nitrogens with zero attached hydrogens (tertiary/aromatic N) is 2. The molecule has 0 spiro atoms. The Morgan fingerprint density at radius 3 is 2.85 bits per heavy atom. The molecule has 102 valence electrons. The summed E-state index contributed by atoms with van der Waals surface area (Å²) in [5, 5.41) is 6.09. The van der Waals surface area contributed by atoms with E-state index in [0.29, 0.717) is 6.54 Å². The highest BCUT2D eigenvalue weighted by molar-refractivity contribution is 7.07. The van der Waals surface area contributed by atoms with Crippen LogP contribution in [0.4, 0.5) is 5.82 Å². The topological polar surface area (TPSA) is 46.9 Å². The number of rotatable bonds is 3. The van der Waals surface area contributed by atoms with E-state index in [-0.39, 0.29) is 4.87 Å². The summed E-state index contributed by atoms with van der Waals surface area (Å²) < 4.78 is 1.78. The molecular weight excluding hydrogens is 270 g/mol. The predicted octanol–water partition coefficient (Wildman–Crippen LogP) is 2.86. The highest BCUT2D eigenvalue weighted by Gasteiger charge is 2.09. The first-order valence-electron chi connectivity index (χ1n) is 6.40. The van der Waals surface area contributed by atoms with Crippen molar-refractivity contribution in [2.45, 2.75) is 13.5 Å². The molecule has 1 aromatic carbocycles. The molecule has 1 N–H and O–H groups in total. The number of thiazole rings is 1. The number of para-hydroxylation sites is 1. The third kappa shape index (κ3) is 2.20. The minimum Gasteiger partial charge on any atom is -0.373 e. The number of aromatic nitrogens is 2. The molecule has 0 aliphatic heterocycles. The average Bonchev–Trinajstić information content (AvgIpc) is 2.78. The average molecular weight is 285 g/mol. The van der Waals surface area contributed by atoms with E-state index in [2.05, 4.69) is 16.4 Å². The van der Waals surface area contributed by atoms with Gasteiger partial charge in [0.1, 0.15) is 5.82 Å². The summed E-state index contributed by atoms with van der Waals surface area (Å²) in [4.78, 5) is 16.5. The lowest BCUT2D eigenvalue weighted by atomic mass is 10.1. The van der Waals surface area contributed by atoms with Gasteiger partial charge in [0.25, 0.3) is 0 Å². The Balaban J connectivity index is 2.13. The van der Waals surface area contributed by atoms with Crippen LogP contribution < -0.4 is 10.2 Å². The molecule has 0 atom stereocenters. The zero-order chi connectivity index (χ0) is 14.1. The zero-order valence-corrected chi connectivity index (χ0v) is 12.2. The van der Waals surface area contributed by atoms with Crippen LogP contribution in [0.1, 0.15) is 11.3 Å². The van der Waals surface area contributed by atoms with Crippen LogP contribution >= 0.6 is 11.3 Å². The van der Waals surface area contributed by atoms with Gasteiger partial charge in [-0.3, -0.25) is 9.36 Å². The van der Waals surface area contributed by atoms with Gasteiger partial charge in [-0.25, -0.2) is 4.98 Å². The maximum atomic E-state index is 11.8. The second-order valence-electron chi connectivity index (χ2n) is 4.67. The highest BCUT2D eigenvalue weighted by Crippen LogP contribution is 2.21. The van der Waals surface area contributed by atoms with E-state index in [4.69, 9.17) is 0 Å². The summed E-state index contributed by atoms with van der Waals surface area (Å²) in [5.74, 6) is 0.821. The Labute approximate surface area is 120 Å². The molecule has 0 radical (unpaired) electrons. The molecule has 2 aromatic heterocycles. The Morgan fingerprint density at radius 1 is 1.35 bits per heavy atom. The molecule has 0 aliphatic rings. The monoisotopic (exact) mass is 285 g/mol. The van der Waals surface area contributed by atoms with Gasteiger partial charge < -0.3 is 5.32 Å². The lowest BCUT2D eigenvalue weighted by Gasteiger charge is -2.11. The largest absolute Gasteiger partial charge is 0.373 e. The molecule has 0 aliphatic carbocycles. The standard InChI is InChI=1S/C15H15N3OS/c1-10-9-20-15(19)18(10)8-12-7-11-5-3-4-6-13(11)17-14(12)16-2/h3-7,9H,8H2,1-2H3,(H,16,17). The van der Waals surface area contributed by atoms with E-state index in [1.54, 1.807) is 4.57 Å². The van der Waals surface area contributed by atoms with Gasteiger partial charge in [0.15, 0.2) is 0 Å². The second-order valence-corrected chi connectivity index (χ2v) is 5.49. The Bertz CT molecular complexity index is 819. The molecule has 0 saturated carbocycles. The van der Waals surface area contributed by atoms with Crippen molar-refractivity contribution < 1.29 is 0 Å². The molecule has 5 heteroatoms. The van der Waals surface area contributed by atoms with Gasteiger partial charge in [0, 0.05) is 29.1 Å². The lowest BCUT2D eigenvalue weighted by molar-refractivity contribution is 0.754. The van der Waals surface area contributed by atoms with Crippen molar-refractivity contribution in [3.05, 3.63) is 56.6 Å². The van der Waals surface area contributed by atoms with E-state index in [1.165, 1.54) is 11.3 Å². The second kappa shape index (κ2) is 5.09. The first-order chi connectivity index (χ1) is 9.69. The van der Waals surface area contributed by atoms with Gasteiger partial charge in [-0.1, -0.05) is 29.5 Å². The number of nitrogens with one attached hydrogen (secondary N) is 1. The number of pyridine rings is 1. The fraction of sp³-hybridized carbons (Fsp3) is 0.200. The van der Waals surface area contributed by atoms with Crippen molar-refractivity contribution in [1.82, 2.24) is 9.55 Å². The number of hydrogen-bond donors (Lipinski definition) is 1. The van der Waals surface area contributed by atoms with E-state index in [0.717, 1.165) is 28.0 Å². The number of hydrogen-bond acceptors (Lipinski definition) is 4. The van der Waals surface area contributed by atoms with Crippen LogP contribution in [0.25, 0.3) is 10.9 Å². The number of fused-ring (bicyclic) bond motifs is 1. The van der Waals surface area contributed by atoms with Gasteiger partial charge in [-0.05, 0) is 19.1 Å². The third-order valence-electron chi connectivity index (χ3n) is 3.34. The first kappa shape index (κ1) is 12.9. The molecule has 0 unspecified atom stereocenters. The molecule has 0 amide bonds. The fourth-order valence-corrected chi connectivity index (χ4v) is 3.00. The van der Waals surface area contributed by atoms with Gasteiger partial charge >= 0.3 is 4.87 Å². The molecule has 0 saturated heterocycles. The fourth-order valence-electron chi connectivity index (χ4n) is 2.26. The minimum atomic E-state index is 0.0673. The quantitative estimate of drug-likeness (QED) is 0.805. The van der Waals surface area contributed by atoms with E-state index >= 15 is 0 Å². The molecule has 0 bridgehead atoms. The maximum absolute atomic E-state index is 11.8. The van der Waals surface area contributed by atoms with Crippen LogP contribution in [0.3, 0.4) is 0 Å². The summed E-state index contributed by atoms with van der Waals surface area (Å²) in [5.41, 5.74) is 2.96. The molecule has 2 heterocycles. The van der Waals surface area contributed by atoms with Crippen LogP contribution in [0.5, 0.6) is 0 Å². The van der Waals surface area contributed by atoms with Gasteiger partial charge in [-0.2, -0.15) is 0 Å². The van der Waals surface area contributed by atoms with E-state index in [9.17, 15) is 4.79 Å². The number of benzene rings is 1. The van der Waals surface area contributed by atoms with Crippen molar-refractivity contribution in [2.75, 3.05) is 12.4 Å². The van der Waals surface area contributed by atoms with Crippen molar-refractivity contribution in [3.8, 4) is 0 Å². The van der Waals surface area contributed by atoms with Crippen LogP contribution in [0, 0.1) is 6.92 Å². The Kier molecular flexibility index (Phi) is 3.28. The lowest BCUT2D eigenvalue weighted by Crippen LogP contribution is -2.16. The molecule has 3 aromatic rings. The molecule has 20 heavy (non-hydrogen) atoms. The molecular formula is C15H15N3OS. The summed E-state index contributed by atoms with van der Waals surface area (Å²) in [6.45, 7) is 2.49. The summed E-state index contributed by atoms with van der Waals surface area (Å²) >= 11 is 1.23. The van der Waals surface area contributed by atoms with Crippen molar-refractivity contribution in [1.29, 1.82) is 0 Å². The number of aryl methyl sites for hydroxylation is 1. The van der Waals surface area contributed by atoms with Gasteiger partial charge in [-0.15, -0.1) is 0 Å². The summed E-state index contributed by atoms with van der Waals surface area (Å²) in [6, 6.07) is 10.1. The molecule has 0 fully saturated rings. The maximum Gasteiger partial charge on any atom is 0.307 e. The highest BCUT2D eigenvalue weighted by atomic mass is 32.1. The molecule has 4 nitrogen and oxygen atoms in total. The minimum absolute atomic E-state index is 0.0673. The van der Waals surface area contributed by atoms with Crippen molar-refractivity contribution in [3.63, 3.8) is 0 Å². The van der Waals surface area contributed by atoms with Gasteiger partial charge in [0.2, 0.25) is 0 Å². The van der Waals surface area contributed by atoms with Crippen molar-refractivity contribution in [2.24, 2.45) is 0 Å². The van der Waals surface area contributed by atoms with E-state index in [1.807, 2.05) is 43.6 Å². The Morgan fingerprint density at radius 2 is 2.15 bits per heavy atom. The van der Waals surface area contributed by atoms with Gasteiger partial charge in [0.05, 0.1) is 12.1 Å². The normalized spacial score (nSPS) is 10.9. The summed E-state index contributed by atoms with van der Waals surface area (Å²) in [7, 11) is 1.85. The summed E-state index contributed by atoms with van der Waals surface area (Å²) in [6.07, 6.45) is 0. The SMILES string of the molecule is CNc1nc2ccccc2cc1Cn1c(C)csc1=O. The van der Waals surface area contributed by atoms with Crippen LogP contribution in [0.15, 0.2) is 40.5 Å². The molecule has 3 rings (SSSR count). The van der Waals surface area contributed by atoms with Crippen LogP contribution in [-0.4, -0.2) is 16.6 Å².